The molecule has 4 fully saturated rings. The molecule has 3 saturated carbocycles. The van der Waals surface area contributed by atoms with E-state index in [2.05, 4.69) is 13.0 Å². The zero-order valence-corrected chi connectivity index (χ0v) is 26.5. The lowest BCUT2D eigenvalue weighted by Gasteiger charge is -2.54. The largest absolute Gasteiger partial charge is 0.393 e. The fraction of sp³-hybridized carbons (Fsp3) is 0.771. The molecule has 1 aromatic carbocycles. The topological polar surface area (TPSA) is 83.8 Å². The van der Waals surface area contributed by atoms with Gasteiger partial charge in [0.15, 0.2) is 9.84 Å². The van der Waals surface area contributed by atoms with Gasteiger partial charge in [-0.15, -0.1) is 0 Å². The fourth-order valence-electron chi connectivity index (χ4n) is 9.77. The van der Waals surface area contributed by atoms with Gasteiger partial charge in [-0.05, 0) is 131 Å². The van der Waals surface area contributed by atoms with Crippen molar-refractivity contribution in [2.24, 2.45) is 35.0 Å². The van der Waals surface area contributed by atoms with Gasteiger partial charge in [-0.3, -0.25) is 0 Å². The van der Waals surface area contributed by atoms with Crippen LogP contribution in [0.1, 0.15) is 104 Å². The van der Waals surface area contributed by atoms with Gasteiger partial charge in [0.1, 0.15) is 0 Å². The van der Waals surface area contributed by atoms with Crippen LogP contribution >= 0.6 is 0 Å². The number of sulfone groups is 1. The molecule has 0 bridgehead atoms. The first-order valence-electron chi connectivity index (χ1n) is 16.7. The fourth-order valence-corrected chi connectivity index (χ4v) is 11.7. The van der Waals surface area contributed by atoms with E-state index in [1.165, 1.54) is 31.3 Å². The molecule has 1 aliphatic heterocycles. The van der Waals surface area contributed by atoms with Crippen molar-refractivity contribution in [3.8, 4) is 0 Å². The summed E-state index contributed by atoms with van der Waals surface area (Å²) in [7, 11) is -3.55. The number of allylic oxidation sites excluding steroid dienone is 1. The normalized spacial score (nSPS) is 37.0. The molecule has 1 heterocycles. The second-order valence-electron chi connectivity index (χ2n) is 13.9. The minimum absolute atomic E-state index is 0.145. The van der Waals surface area contributed by atoms with Crippen LogP contribution in [0.2, 0.25) is 0 Å². The summed E-state index contributed by atoms with van der Waals surface area (Å²) in [5, 5.41) is 21.0. The third-order valence-corrected chi connectivity index (χ3v) is 14.2. The minimum Gasteiger partial charge on any atom is -0.393 e. The van der Waals surface area contributed by atoms with Crippen LogP contribution in [-0.4, -0.2) is 48.8 Å². The summed E-state index contributed by atoms with van der Waals surface area (Å²) in [6.07, 6.45) is 14.3. The lowest BCUT2D eigenvalue weighted by Crippen LogP contribution is -2.46. The second-order valence-corrected chi connectivity index (χ2v) is 16.1. The Labute approximate surface area is 249 Å². The molecule has 0 aromatic heterocycles. The van der Waals surface area contributed by atoms with Crippen LogP contribution in [0.3, 0.4) is 0 Å². The molecule has 41 heavy (non-hydrogen) atoms. The lowest BCUT2D eigenvalue weighted by molar-refractivity contribution is -0.0689. The molecule has 8 atom stereocenters. The van der Waals surface area contributed by atoms with Crippen LogP contribution < -0.4 is 0 Å². The molecule has 2 N–H and O–H groups in total. The molecule has 1 saturated heterocycles. The molecule has 6 rings (SSSR count). The lowest BCUT2D eigenvalue weighted by atomic mass is 9.51. The van der Waals surface area contributed by atoms with Gasteiger partial charge in [-0.1, -0.05) is 50.6 Å². The number of ether oxygens (including phenoxy) is 1. The molecular formula is C35H54O5S. The molecule has 7 unspecified atom stereocenters. The van der Waals surface area contributed by atoms with Crippen molar-refractivity contribution in [3.63, 3.8) is 0 Å². The Morgan fingerprint density at radius 2 is 1.71 bits per heavy atom. The monoisotopic (exact) mass is 586 g/mol. The Morgan fingerprint density at radius 1 is 0.976 bits per heavy atom. The minimum atomic E-state index is -3.55. The molecule has 230 valence electrons. The van der Waals surface area contributed by atoms with Crippen molar-refractivity contribution >= 4 is 9.84 Å². The van der Waals surface area contributed by atoms with Crippen LogP contribution in [0.25, 0.3) is 0 Å². The Bertz CT molecular complexity index is 1140. The van der Waals surface area contributed by atoms with E-state index < -0.39 is 20.7 Å². The van der Waals surface area contributed by atoms with Crippen molar-refractivity contribution in [2.75, 3.05) is 13.2 Å². The quantitative estimate of drug-likeness (QED) is 0.333. The number of rotatable bonds is 7. The summed E-state index contributed by atoms with van der Waals surface area (Å²) < 4.78 is 33.3. The van der Waals surface area contributed by atoms with Crippen LogP contribution in [-0.2, 0) is 14.6 Å². The average molecular weight is 587 g/mol. The van der Waals surface area contributed by atoms with E-state index in [0.29, 0.717) is 55.6 Å². The van der Waals surface area contributed by atoms with E-state index >= 15 is 0 Å². The molecule has 0 spiro atoms. The SMILES string of the molecule is CC.CC12CCC3C4CCC(O)CC4=CCC3C1CC[C@@H]2CCC(CC1(O)CCOCC1)S(=O)(=O)c1ccccc1. The average Bonchev–Trinajstić information content (AvgIpc) is 3.33. The van der Waals surface area contributed by atoms with Gasteiger partial charge in [0.25, 0.3) is 0 Å². The summed E-state index contributed by atoms with van der Waals surface area (Å²) in [6, 6.07) is 8.87. The highest BCUT2D eigenvalue weighted by Gasteiger charge is 2.55. The number of hydrogen-bond donors (Lipinski definition) is 2. The van der Waals surface area contributed by atoms with E-state index in [1.807, 2.05) is 19.9 Å². The van der Waals surface area contributed by atoms with Crippen molar-refractivity contribution in [3.05, 3.63) is 42.0 Å². The summed E-state index contributed by atoms with van der Waals surface area (Å²) in [5.41, 5.74) is 0.843. The molecule has 6 heteroatoms. The Hall–Kier alpha value is -1.21. The first-order valence-corrected chi connectivity index (χ1v) is 18.2. The van der Waals surface area contributed by atoms with Crippen LogP contribution in [0, 0.1) is 35.0 Å². The first-order chi connectivity index (χ1) is 19.7. The third kappa shape index (κ3) is 6.23. The molecule has 0 amide bonds. The van der Waals surface area contributed by atoms with Gasteiger partial charge in [0.05, 0.1) is 21.9 Å². The number of benzene rings is 1. The van der Waals surface area contributed by atoms with E-state index in [-0.39, 0.29) is 11.5 Å². The summed E-state index contributed by atoms with van der Waals surface area (Å²) in [4.78, 5) is 0.379. The Balaban J connectivity index is 0.00000165. The predicted molar refractivity (Wildman–Crippen MR) is 164 cm³/mol. The maximum absolute atomic E-state index is 13.9. The van der Waals surface area contributed by atoms with Crippen molar-refractivity contribution in [1.82, 2.24) is 0 Å². The summed E-state index contributed by atoms with van der Waals surface area (Å²) in [6.45, 7) is 7.51. The molecule has 5 nitrogen and oxygen atoms in total. The molecular weight excluding hydrogens is 532 g/mol. The second kappa shape index (κ2) is 12.8. The van der Waals surface area contributed by atoms with Crippen molar-refractivity contribution < 1.29 is 23.4 Å². The van der Waals surface area contributed by atoms with Crippen molar-refractivity contribution in [2.45, 2.75) is 126 Å². The number of aliphatic hydroxyl groups excluding tert-OH is 1. The highest BCUT2D eigenvalue weighted by Crippen LogP contribution is 2.64. The van der Waals surface area contributed by atoms with E-state index in [4.69, 9.17) is 4.74 Å². The number of fused-ring (bicyclic) bond motifs is 5. The molecule has 0 radical (unpaired) electrons. The smallest absolute Gasteiger partial charge is 0.181 e. The molecule has 5 aliphatic rings. The van der Waals surface area contributed by atoms with E-state index in [1.54, 1.807) is 24.3 Å². The van der Waals surface area contributed by atoms with Crippen LogP contribution in [0.5, 0.6) is 0 Å². The maximum Gasteiger partial charge on any atom is 0.181 e. The van der Waals surface area contributed by atoms with Gasteiger partial charge in [0.2, 0.25) is 0 Å². The first kappa shape index (κ1) is 31.2. The zero-order chi connectivity index (χ0) is 29.3. The summed E-state index contributed by atoms with van der Waals surface area (Å²) in [5.74, 6) is 3.44. The van der Waals surface area contributed by atoms with Gasteiger partial charge >= 0.3 is 0 Å². The van der Waals surface area contributed by atoms with Gasteiger partial charge in [-0.2, -0.15) is 0 Å². The zero-order valence-electron chi connectivity index (χ0n) is 25.6. The standard InChI is InChI=1S/C33H48O5S.C2H6/c1-32-16-15-29-28-13-10-25(34)21-23(28)7-12-30(29)31(32)14-9-24(32)8-11-27(22-33(35)17-19-38-20-18-33)39(36,37)26-5-3-2-4-6-26;1-2/h2-7,24-25,27-31,34-35H,8-22H2,1H3;1-2H3/t24-,25?,27?,28?,29?,30?,31?,32?;/m0./s1. The van der Waals surface area contributed by atoms with Gasteiger partial charge in [0, 0.05) is 13.2 Å². The Kier molecular flexibility index (Phi) is 9.75. The van der Waals surface area contributed by atoms with Crippen LogP contribution in [0.15, 0.2) is 46.9 Å². The van der Waals surface area contributed by atoms with Gasteiger partial charge in [-0.25, -0.2) is 8.42 Å². The highest BCUT2D eigenvalue weighted by atomic mass is 32.2. The Morgan fingerprint density at radius 3 is 2.44 bits per heavy atom. The molecule has 4 aliphatic carbocycles. The highest BCUT2D eigenvalue weighted by molar-refractivity contribution is 7.92. The third-order valence-electron chi connectivity index (χ3n) is 12.0. The predicted octanol–water partition coefficient (Wildman–Crippen LogP) is 7.12. The van der Waals surface area contributed by atoms with E-state index in [9.17, 15) is 18.6 Å². The summed E-state index contributed by atoms with van der Waals surface area (Å²) >= 11 is 0. The van der Waals surface area contributed by atoms with Crippen molar-refractivity contribution in [1.29, 1.82) is 0 Å². The molecule has 1 aromatic rings. The number of hydrogen-bond acceptors (Lipinski definition) is 5. The van der Waals surface area contributed by atoms with E-state index in [0.717, 1.165) is 49.9 Å². The number of aliphatic hydroxyl groups is 2. The maximum atomic E-state index is 13.9. The van der Waals surface area contributed by atoms with Gasteiger partial charge < -0.3 is 14.9 Å². The van der Waals surface area contributed by atoms with Crippen LogP contribution in [0.4, 0.5) is 0 Å².